The Morgan fingerprint density at radius 1 is 0.352 bits per heavy atom. The van der Waals surface area contributed by atoms with Gasteiger partial charge in [0.15, 0.2) is 0 Å². The van der Waals surface area contributed by atoms with Crippen molar-refractivity contribution in [3.63, 3.8) is 0 Å². The van der Waals surface area contributed by atoms with Crippen LogP contribution in [0, 0.1) is 0 Å². The van der Waals surface area contributed by atoms with Crippen LogP contribution < -0.4 is 0 Å². The molecule has 0 amide bonds. The lowest BCUT2D eigenvalue weighted by molar-refractivity contribution is -0.154. The van der Waals surface area contributed by atoms with E-state index in [1.807, 2.05) is 0 Å². The molecule has 0 fully saturated rings. The molecule has 0 saturated heterocycles. The normalized spacial score (nSPS) is 13.3. The summed E-state index contributed by atoms with van der Waals surface area (Å²) in [5.74, 6) is -2.09. The van der Waals surface area contributed by atoms with Crippen molar-refractivity contribution < 1.29 is 53.0 Å². The van der Waals surface area contributed by atoms with Crippen molar-refractivity contribution in [3.8, 4) is 0 Å². The molecule has 0 bridgehead atoms. The third-order valence-corrected chi connectivity index (χ3v) is 9.35. The number of hydrogen-bond acceptors (Lipinski definition) is 9. The molecule has 0 aliphatic rings. The Kier molecular flexibility index (Phi) is 41.7. The van der Waals surface area contributed by atoms with Gasteiger partial charge in [-0.2, -0.15) is 0 Å². The van der Waals surface area contributed by atoms with E-state index in [0.717, 1.165) is 38.5 Å². The highest BCUT2D eigenvalue weighted by atomic mass is 16.6. The molecular weight excluding hydrogens is 692 g/mol. The molecule has 0 aromatic heterocycles. The molecule has 0 saturated carbocycles. The maximum atomic E-state index is 11.3. The van der Waals surface area contributed by atoms with Crippen molar-refractivity contribution in [3.05, 3.63) is 0 Å². The average molecular weight is 777 g/mol. The van der Waals surface area contributed by atoms with Gasteiger partial charge in [-0.25, -0.2) is 9.59 Å². The maximum Gasteiger partial charge on any atom is 0.329 e. The molecule has 0 heterocycles. The summed E-state index contributed by atoms with van der Waals surface area (Å²) in [6.45, 7) is 8.85. The summed E-state index contributed by atoms with van der Waals surface area (Å²) in [4.78, 5) is 22.5. The van der Waals surface area contributed by atoms with E-state index in [4.69, 9.17) is 33.2 Å². The first-order chi connectivity index (χ1) is 26.4. The molecule has 54 heavy (non-hydrogen) atoms. The van der Waals surface area contributed by atoms with E-state index in [-0.39, 0.29) is 33.0 Å². The third kappa shape index (κ3) is 40.3. The van der Waals surface area contributed by atoms with Gasteiger partial charge in [-0.1, -0.05) is 156 Å². The fourth-order valence-electron chi connectivity index (χ4n) is 6.04. The van der Waals surface area contributed by atoms with Gasteiger partial charge in [-0.3, -0.25) is 0 Å². The Bertz CT molecular complexity index is 785. The second kappa shape index (κ2) is 42.8. The van der Waals surface area contributed by atoms with Gasteiger partial charge >= 0.3 is 11.9 Å². The van der Waals surface area contributed by atoms with Gasteiger partial charge in [-0.05, 0) is 19.3 Å². The second-order valence-corrected chi connectivity index (χ2v) is 14.8. The van der Waals surface area contributed by atoms with Crippen LogP contribution in [0.5, 0.6) is 0 Å². The van der Waals surface area contributed by atoms with Crippen molar-refractivity contribution in [2.75, 3.05) is 72.7 Å². The Morgan fingerprint density at radius 3 is 0.926 bits per heavy atom. The van der Waals surface area contributed by atoms with Gasteiger partial charge < -0.3 is 43.4 Å². The van der Waals surface area contributed by atoms with Crippen LogP contribution in [0.25, 0.3) is 0 Å². The van der Waals surface area contributed by atoms with Crippen molar-refractivity contribution in [2.24, 2.45) is 0 Å². The number of carboxylic acid groups (broad SMARTS) is 2. The Morgan fingerprint density at radius 2 is 0.611 bits per heavy atom. The minimum absolute atomic E-state index is 0.126. The first kappa shape index (κ1) is 52.7. The lowest BCUT2D eigenvalue weighted by atomic mass is 10.1. The zero-order chi connectivity index (χ0) is 39.6. The lowest BCUT2D eigenvalue weighted by Crippen LogP contribution is -2.35. The van der Waals surface area contributed by atoms with Crippen LogP contribution in [0.2, 0.25) is 0 Å². The minimum Gasteiger partial charge on any atom is -0.480 e. The molecule has 3 atom stereocenters. The van der Waals surface area contributed by atoms with Gasteiger partial charge in [-0.15, -0.1) is 0 Å². The zero-order valence-corrected chi connectivity index (χ0v) is 35.0. The summed E-state index contributed by atoms with van der Waals surface area (Å²) in [5, 5.41) is 18.4. The van der Waals surface area contributed by atoms with Gasteiger partial charge in [0.05, 0.1) is 39.6 Å². The molecule has 0 aromatic rings. The van der Waals surface area contributed by atoms with E-state index in [1.165, 1.54) is 116 Å². The van der Waals surface area contributed by atoms with Gasteiger partial charge in [0.1, 0.15) is 31.5 Å². The first-order valence-corrected chi connectivity index (χ1v) is 22.0. The number of aliphatic carboxylic acids is 2. The topological polar surface area (TPSA) is 139 Å². The third-order valence-electron chi connectivity index (χ3n) is 9.35. The van der Waals surface area contributed by atoms with Crippen LogP contribution in [0.4, 0.5) is 0 Å². The molecule has 0 spiro atoms. The van der Waals surface area contributed by atoms with Crippen molar-refractivity contribution in [1.82, 2.24) is 0 Å². The average Bonchev–Trinajstić information content (AvgIpc) is 3.15. The first-order valence-electron chi connectivity index (χ1n) is 22.0. The van der Waals surface area contributed by atoms with E-state index >= 15 is 0 Å². The molecule has 2 N–H and O–H groups in total. The van der Waals surface area contributed by atoms with Gasteiger partial charge in [0.25, 0.3) is 0 Å². The van der Waals surface area contributed by atoms with Crippen LogP contribution >= 0.6 is 0 Å². The Balaban J connectivity index is 4.92. The van der Waals surface area contributed by atoms with E-state index in [1.54, 1.807) is 0 Å². The molecule has 322 valence electrons. The summed E-state index contributed by atoms with van der Waals surface area (Å²) in [6.07, 6.45) is 27.5. The van der Waals surface area contributed by atoms with Crippen molar-refractivity contribution >= 4 is 11.9 Å². The highest BCUT2D eigenvalue weighted by Gasteiger charge is 2.19. The zero-order valence-electron chi connectivity index (χ0n) is 35.0. The van der Waals surface area contributed by atoms with Crippen LogP contribution in [-0.2, 0) is 42.7 Å². The molecule has 0 aliphatic heterocycles. The number of rotatable bonds is 46. The molecule has 0 radical (unpaired) electrons. The van der Waals surface area contributed by atoms with Gasteiger partial charge in [0, 0.05) is 19.8 Å². The monoisotopic (exact) mass is 777 g/mol. The molecule has 11 heteroatoms. The maximum absolute atomic E-state index is 11.3. The summed E-state index contributed by atoms with van der Waals surface area (Å²) < 4.78 is 41.1. The highest BCUT2D eigenvalue weighted by Crippen LogP contribution is 2.12. The van der Waals surface area contributed by atoms with Crippen molar-refractivity contribution in [2.45, 2.75) is 193 Å². The fourth-order valence-corrected chi connectivity index (χ4v) is 6.04. The largest absolute Gasteiger partial charge is 0.480 e. The summed E-state index contributed by atoms with van der Waals surface area (Å²) >= 11 is 0. The number of unbranched alkanes of at least 4 members (excludes halogenated alkanes) is 21. The van der Waals surface area contributed by atoms with E-state index in [2.05, 4.69) is 20.8 Å². The fraction of sp³-hybridized carbons (Fsp3) is 0.953. The summed E-state index contributed by atoms with van der Waals surface area (Å²) in [5.41, 5.74) is 0. The Labute approximate surface area is 330 Å². The quantitative estimate of drug-likeness (QED) is 0.0571. The Hall–Kier alpha value is -1.34. The minimum atomic E-state index is -1.05. The second-order valence-electron chi connectivity index (χ2n) is 14.8. The van der Waals surface area contributed by atoms with Crippen molar-refractivity contribution in [1.29, 1.82) is 0 Å². The number of carbonyl (C=O) groups is 2. The lowest BCUT2D eigenvalue weighted by Gasteiger charge is -2.24. The van der Waals surface area contributed by atoms with Crippen LogP contribution in [0.3, 0.4) is 0 Å². The number of ether oxygens (including phenoxy) is 7. The smallest absolute Gasteiger partial charge is 0.329 e. The molecule has 3 unspecified atom stereocenters. The predicted molar refractivity (Wildman–Crippen MR) is 216 cm³/mol. The number of hydrogen-bond donors (Lipinski definition) is 2. The molecule has 0 aliphatic carbocycles. The predicted octanol–water partition coefficient (Wildman–Crippen LogP) is 9.80. The van der Waals surface area contributed by atoms with E-state index in [0.29, 0.717) is 26.4 Å². The molecule has 0 aromatic carbocycles. The van der Waals surface area contributed by atoms with Crippen LogP contribution in [-0.4, -0.2) is 113 Å². The molecule has 11 nitrogen and oxygen atoms in total. The SMILES string of the molecule is CCCCCCCCCCOCC(COCC(COCCCCCCCCCC)OCC(COCCCCCCCCCC)OCC(=O)O)OCC(=O)O. The highest BCUT2D eigenvalue weighted by molar-refractivity contribution is 5.68. The summed E-state index contributed by atoms with van der Waals surface area (Å²) in [7, 11) is 0. The van der Waals surface area contributed by atoms with E-state index in [9.17, 15) is 19.8 Å². The van der Waals surface area contributed by atoms with Crippen LogP contribution in [0.1, 0.15) is 175 Å². The molecular formula is C43H84O11. The van der Waals surface area contributed by atoms with Crippen LogP contribution in [0.15, 0.2) is 0 Å². The molecule has 0 rings (SSSR count). The van der Waals surface area contributed by atoms with E-state index < -0.39 is 43.5 Å². The number of carboxylic acids is 2. The van der Waals surface area contributed by atoms with Gasteiger partial charge in [0.2, 0.25) is 0 Å². The standard InChI is InChI=1S/C43H84O11/c1-4-7-10-13-16-19-22-25-28-48-31-39(52-36-41(54-38-43(46)47)33-50-30-27-24-21-18-15-12-9-6-3)34-51-35-40(53-37-42(44)45)32-49-29-26-23-20-17-14-11-8-5-2/h39-41H,4-38H2,1-3H3,(H,44,45)(H,46,47). The summed E-state index contributed by atoms with van der Waals surface area (Å²) in [6, 6.07) is 0.